The van der Waals surface area contributed by atoms with Gasteiger partial charge in [0.2, 0.25) is 0 Å². The molecule has 0 radical (unpaired) electrons. The molecule has 1 aliphatic rings. The molecule has 1 aromatic rings. The maximum absolute atomic E-state index is 8.01. The summed E-state index contributed by atoms with van der Waals surface area (Å²) in [6.07, 6.45) is 3.17. The van der Waals surface area contributed by atoms with Gasteiger partial charge in [0.15, 0.2) is 0 Å². The lowest BCUT2D eigenvalue weighted by Crippen LogP contribution is -2.16. The molecule has 1 saturated carbocycles. The molecule has 0 saturated heterocycles. The first-order valence-corrected chi connectivity index (χ1v) is 4.89. The van der Waals surface area contributed by atoms with Crippen molar-refractivity contribution in [2.24, 2.45) is 16.7 Å². The minimum atomic E-state index is -1.70. The van der Waals surface area contributed by atoms with Gasteiger partial charge in [-0.3, -0.25) is 0 Å². The van der Waals surface area contributed by atoms with Gasteiger partial charge in [-0.25, -0.2) is 0 Å². The van der Waals surface area contributed by atoms with Crippen LogP contribution in [0.1, 0.15) is 30.4 Å². The summed E-state index contributed by atoms with van der Waals surface area (Å²) < 4.78 is 16.0. The van der Waals surface area contributed by atoms with E-state index in [9.17, 15) is 0 Å². The van der Waals surface area contributed by atoms with Gasteiger partial charge < -0.3 is 4.84 Å². The van der Waals surface area contributed by atoms with E-state index in [1.807, 2.05) is 0 Å². The molecule has 3 heteroatoms. The largest absolute Gasteiger partial charge is 0.396 e. The number of hydrogen-bond acceptors (Lipinski definition) is 2. The van der Waals surface area contributed by atoms with E-state index in [0.717, 1.165) is 0 Å². The molecule has 78 valence electrons. The number of hydrogen-bond donors (Lipinski definition) is 0. The fraction of sp³-hybridized carbons (Fsp3) is 0.727. The molecule has 0 bridgehead atoms. The summed E-state index contributed by atoms with van der Waals surface area (Å²) in [7, 11) is 0. The Bertz CT molecular complexity index is 371. The average molecular weight is 196 g/mol. The van der Waals surface area contributed by atoms with Gasteiger partial charge in [-0.05, 0) is 16.9 Å². The second-order valence-electron chi connectivity index (χ2n) is 4.99. The van der Waals surface area contributed by atoms with Gasteiger partial charge in [0, 0.05) is 5.92 Å². The Morgan fingerprint density at radius 3 is 2.50 bits per heavy atom. The van der Waals surface area contributed by atoms with Gasteiger partial charge in [0.25, 0.3) is 0 Å². The molecule has 1 fully saturated rings. The third-order valence-corrected chi connectivity index (χ3v) is 3.76. The molecule has 1 aromatic heterocycles. The highest BCUT2D eigenvalue weighted by molar-refractivity contribution is 5.12. The van der Waals surface area contributed by atoms with Crippen LogP contribution in [0.4, 0.5) is 0 Å². The first kappa shape index (κ1) is 7.32. The topological polar surface area (TPSA) is 27.1 Å². The third-order valence-electron chi connectivity index (χ3n) is 3.76. The molecule has 1 heterocycles. The second-order valence-corrected chi connectivity index (χ2v) is 4.99. The van der Waals surface area contributed by atoms with Crippen LogP contribution in [-0.2, 0) is 0 Å². The third kappa shape index (κ3) is 1.22. The molecular formula is C11H18N2O. The SMILES string of the molecule is [2H]C([2H])(On1cccn1)C1C(C)(C)C1(C)C. The van der Waals surface area contributed by atoms with Crippen molar-refractivity contribution in [2.75, 3.05) is 6.56 Å². The van der Waals surface area contributed by atoms with Crippen LogP contribution in [0.25, 0.3) is 0 Å². The molecule has 14 heavy (non-hydrogen) atoms. The van der Waals surface area contributed by atoms with Gasteiger partial charge in [0.1, 0.15) is 6.56 Å². The molecular weight excluding hydrogens is 176 g/mol. The maximum atomic E-state index is 8.01. The highest BCUT2D eigenvalue weighted by Gasteiger charge is 2.64. The zero-order chi connectivity index (χ0) is 12.2. The number of aromatic nitrogens is 2. The van der Waals surface area contributed by atoms with Crippen LogP contribution < -0.4 is 4.84 Å². The van der Waals surface area contributed by atoms with Crippen molar-refractivity contribution >= 4 is 0 Å². The minimum Gasteiger partial charge on any atom is -0.396 e. The second kappa shape index (κ2) is 2.75. The molecule has 0 spiro atoms. The fourth-order valence-corrected chi connectivity index (χ4v) is 1.91. The van der Waals surface area contributed by atoms with Gasteiger partial charge in [0.05, 0.1) is 15.1 Å². The number of nitrogens with zero attached hydrogens (tertiary/aromatic N) is 2. The standard InChI is InChI=1S/C11H18N2O/c1-10(2)9(11(10,3)4)8-14-13-7-5-6-12-13/h5-7,9H,8H2,1-4H3/i8D2. The molecule has 2 rings (SSSR count). The van der Waals surface area contributed by atoms with E-state index in [1.54, 1.807) is 18.5 Å². The Hall–Kier alpha value is -0.990. The van der Waals surface area contributed by atoms with E-state index >= 15 is 0 Å². The van der Waals surface area contributed by atoms with Crippen LogP contribution >= 0.6 is 0 Å². The smallest absolute Gasteiger partial charge is 0.121 e. The predicted octanol–water partition coefficient (Wildman–Crippen LogP) is 1.99. The number of rotatable bonds is 3. The monoisotopic (exact) mass is 196 g/mol. The van der Waals surface area contributed by atoms with Crippen molar-refractivity contribution in [2.45, 2.75) is 27.7 Å². The lowest BCUT2D eigenvalue weighted by Gasteiger charge is -2.05. The first-order chi connectivity index (χ1) is 7.19. The van der Waals surface area contributed by atoms with Crippen molar-refractivity contribution in [1.82, 2.24) is 9.94 Å². The lowest BCUT2D eigenvalue weighted by molar-refractivity contribution is 0.0657. The molecule has 1 aliphatic carbocycles. The zero-order valence-electron chi connectivity index (χ0n) is 11.1. The van der Waals surface area contributed by atoms with Gasteiger partial charge >= 0.3 is 0 Å². The van der Waals surface area contributed by atoms with Crippen molar-refractivity contribution in [3.8, 4) is 0 Å². The van der Waals surface area contributed by atoms with Crippen LogP contribution in [-0.4, -0.2) is 16.5 Å². The lowest BCUT2D eigenvalue weighted by atomic mass is 10.0. The van der Waals surface area contributed by atoms with E-state index in [-0.39, 0.29) is 16.7 Å². The Morgan fingerprint density at radius 2 is 2.07 bits per heavy atom. The van der Waals surface area contributed by atoms with E-state index in [2.05, 4.69) is 32.8 Å². The Balaban J connectivity index is 2.16. The Labute approximate surface area is 87.8 Å². The molecule has 3 nitrogen and oxygen atoms in total. The highest BCUT2D eigenvalue weighted by Crippen LogP contribution is 2.68. The molecule has 0 aliphatic heterocycles. The summed E-state index contributed by atoms with van der Waals surface area (Å²) in [5.74, 6) is -0.128. The molecule has 0 amide bonds. The van der Waals surface area contributed by atoms with Crippen molar-refractivity contribution in [1.29, 1.82) is 0 Å². The average Bonchev–Trinajstić information content (AvgIpc) is 2.50. The normalized spacial score (nSPS) is 26.6. The summed E-state index contributed by atoms with van der Waals surface area (Å²) in [5.41, 5.74) is -0.104. The predicted molar refractivity (Wildman–Crippen MR) is 54.7 cm³/mol. The van der Waals surface area contributed by atoms with E-state index in [4.69, 9.17) is 7.58 Å². The summed E-state index contributed by atoms with van der Waals surface area (Å²) >= 11 is 0. The summed E-state index contributed by atoms with van der Waals surface area (Å²) in [6.45, 7) is 6.59. The van der Waals surface area contributed by atoms with Crippen molar-refractivity contribution in [3.63, 3.8) is 0 Å². The molecule has 0 N–H and O–H groups in total. The highest BCUT2D eigenvalue weighted by atomic mass is 16.7. The summed E-state index contributed by atoms with van der Waals surface area (Å²) in [6, 6.07) is 1.71. The van der Waals surface area contributed by atoms with Crippen LogP contribution in [0.15, 0.2) is 18.5 Å². The van der Waals surface area contributed by atoms with Crippen LogP contribution in [0.5, 0.6) is 0 Å². The summed E-state index contributed by atoms with van der Waals surface area (Å²) in [5, 5.41) is 3.86. The quantitative estimate of drug-likeness (QED) is 0.739. The van der Waals surface area contributed by atoms with E-state index < -0.39 is 6.56 Å². The van der Waals surface area contributed by atoms with Crippen molar-refractivity contribution < 1.29 is 7.58 Å². The maximum Gasteiger partial charge on any atom is 0.121 e. The molecule has 0 unspecified atom stereocenters. The fourth-order valence-electron chi connectivity index (χ4n) is 1.91. The zero-order valence-corrected chi connectivity index (χ0v) is 9.11. The first-order valence-electron chi connectivity index (χ1n) is 5.89. The van der Waals surface area contributed by atoms with Crippen molar-refractivity contribution in [3.05, 3.63) is 18.5 Å². The molecule has 0 atom stereocenters. The Morgan fingerprint density at radius 1 is 1.43 bits per heavy atom. The molecule has 0 aromatic carbocycles. The van der Waals surface area contributed by atoms with Gasteiger partial charge in [-0.15, -0.1) is 9.94 Å². The van der Waals surface area contributed by atoms with Crippen LogP contribution in [0, 0.1) is 16.7 Å². The van der Waals surface area contributed by atoms with Crippen LogP contribution in [0.2, 0.25) is 0 Å². The Kier molecular flexibility index (Phi) is 1.44. The van der Waals surface area contributed by atoms with E-state index in [0.29, 0.717) is 0 Å². The van der Waals surface area contributed by atoms with Gasteiger partial charge in [-0.2, -0.15) is 0 Å². The van der Waals surface area contributed by atoms with Crippen LogP contribution in [0.3, 0.4) is 0 Å². The van der Waals surface area contributed by atoms with Gasteiger partial charge in [-0.1, -0.05) is 27.7 Å². The minimum absolute atomic E-state index is 0.0519. The summed E-state index contributed by atoms with van der Waals surface area (Å²) in [4.78, 5) is 6.46. The van der Waals surface area contributed by atoms with E-state index in [1.165, 1.54) is 4.85 Å².